The number of hydrogen-bond acceptors (Lipinski definition) is 5. The van der Waals surface area contributed by atoms with Gasteiger partial charge in [0.05, 0.1) is 6.42 Å². The van der Waals surface area contributed by atoms with Crippen molar-refractivity contribution in [2.24, 2.45) is 5.41 Å². The molecule has 0 bridgehead atoms. The summed E-state index contributed by atoms with van der Waals surface area (Å²) >= 11 is 0. The van der Waals surface area contributed by atoms with Gasteiger partial charge in [-0.05, 0) is 32.6 Å². The normalized spacial score (nSPS) is 18.6. The summed E-state index contributed by atoms with van der Waals surface area (Å²) in [7, 11) is 0. The number of esters is 1. The monoisotopic (exact) mass is 356 g/mol. The van der Waals surface area contributed by atoms with Gasteiger partial charge >= 0.3 is 5.97 Å². The Bertz CT molecular complexity index is 455. The molecule has 2 amide bonds. The van der Waals surface area contributed by atoms with Crippen LogP contribution in [0.5, 0.6) is 0 Å². The lowest BCUT2D eigenvalue weighted by molar-refractivity contribution is -0.154. The molecule has 0 radical (unpaired) electrons. The van der Waals surface area contributed by atoms with E-state index in [4.69, 9.17) is 4.74 Å². The second-order valence-corrected chi connectivity index (χ2v) is 8.65. The van der Waals surface area contributed by atoms with Gasteiger partial charge in [-0.15, -0.1) is 0 Å². The molecule has 2 aliphatic rings. The van der Waals surface area contributed by atoms with Gasteiger partial charge in [-0.25, -0.2) is 0 Å². The maximum absolute atomic E-state index is 11.4. The number of carbonyl (C=O) groups excluding carboxylic acids is 3. The van der Waals surface area contributed by atoms with Gasteiger partial charge in [0.25, 0.3) is 0 Å². The molecule has 0 aromatic rings. The van der Waals surface area contributed by atoms with Crippen molar-refractivity contribution in [2.75, 3.05) is 13.1 Å². The Hall–Kier alpha value is -1.43. The van der Waals surface area contributed by atoms with E-state index in [1.54, 1.807) is 0 Å². The van der Waals surface area contributed by atoms with Gasteiger partial charge in [0.1, 0.15) is 6.10 Å². The second-order valence-electron chi connectivity index (χ2n) is 8.65. The van der Waals surface area contributed by atoms with E-state index >= 15 is 0 Å². The molecular weight excluding hydrogens is 320 g/mol. The number of hydrogen-bond donors (Lipinski definition) is 1. The van der Waals surface area contributed by atoms with Crippen molar-refractivity contribution in [3.05, 3.63) is 0 Å². The van der Waals surface area contributed by atoms with Crippen molar-refractivity contribution in [3.8, 4) is 0 Å². The highest BCUT2D eigenvalue weighted by atomic mass is 16.5. The summed E-state index contributed by atoms with van der Waals surface area (Å²) in [4.78, 5) is 35.3. The first-order valence-corrected chi connectivity index (χ1v) is 8.66. The maximum atomic E-state index is 11.4. The van der Waals surface area contributed by atoms with Gasteiger partial charge in [0, 0.05) is 31.5 Å². The van der Waals surface area contributed by atoms with Crippen molar-refractivity contribution >= 4 is 17.8 Å². The molecule has 0 aromatic heterocycles. The number of piperidine rings is 1. The first-order chi connectivity index (χ1) is 10.9. The standard InChI is InChI=1S/C9H17NO2.C9H15NO2.CH4/c1-9(2,3)4-8(11)12-7-5-10-6-7;1-9(2,3)10-7(11)5-4-6-8(10)12;/h7,10H,4-6H2,1-3H3;4-6H2,1-3H3;1H4. The van der Waals surface area contributed by atoms with E-state index in [2.05, 4.69) is 5.32 Å². The molecule has 25 heavy (non-hydrogen) atoms. The largest absolute Gasteiger partial charge is 0.460 e. The molecule has 0 unspecified atom stereocenters. The van der Waals surface area contributed by atoms with Crippen LogP contribution in [0.3, 0.4) is 0 Å². The zero-order valence-electron chi connectivity index (χ0n) is 15.9. The molecule has 0 aliphatic carbocycles. The fraction of sp³-hybridized carbons (Fsp3) is 0.842. The summed E-state index contributed by atoms with van der Waals surface area (Å²) in [6.45, 7) is 13.4. The van der Waals surface area contributed by atoms with Crippen molar-refractivity contribution in [2.45, 2.75) is 86.3 Å². The van der Waals surface area contributed by atoms with Crippen LogP contribution in [0.25, 0.3) is 0 Å². The van der Waals surface area contributed by atoms with Crippen molar-refractivity contribution < 1.29 is 19.1 Å². The van der Waals surface area contributed by atoms with Gasteiger partial charge < -0.3 is 10.1 Å². The highest BCUT2D eigenvalue weighted by molar-refractivity contribution is 5.98. The molecule has 146 valence electrons. The average Bonchev–Trinajstić information content (AvgIpc) is 2.30. The first kappa shape index (κ1) is 23.6. The van der Waals surface area contributed by atoms with Crippen LogP contribution >= 0.6 is 0 Å². The first-order valence-electron chi connectivity index (χ1n) is 8.66. The second kappa shape index (κ2) is 9.32. The Morgan fingerprint density at radius 2 is 1.56 bits per heavy atom. The molecule has 2 fully saturated rings. The van der Waals surface area contributed by atoms with Crippen molar-refractivity contribution in [1.82, 2.24) is 10.2 Å². The lowest BCUT2D eigenvalue weighted by Gasteiger charge is -2.36. The average molecular weight is 357 g/mol. The van der Waals surface area contributed by atoms with Gasteiger partial charge in [0.2, 0.25) is 11.8 Å². The van der Waals surface area contributed by atoms with E-state index in [1.165, 1.54) is 4.90 Å². The van der Waals surface area contributed by atoms with Gasteiger partial charge in [-0.1, -0.05) is 28.2 Å². The molecule has 2 heterocycles. The van der Waals surface area contributed by atoms with Crippen LogP contribution in [-0.2, 0) is 19.1 Å². The minimum Gasteiger partial charge on any atom is -0.460 e. The number of nitrogens with zero attached hydrogens (tertiary/aromatic N) is 1. The molecule has 2 rings (SSSR count). The molecule has 0 atom stereocenters. The summed E-state index contributed by atoms with van der Waals surface area (Å²) in [5.41, 5.74) is -0.317. The molecule has 6 heteroatoms. The Morgan fingerprint density at radius 3 is 1.84 bits per heavy atom. The highest BCUT2D eigenvalue weighted by Crippen LogP contribution is 2.22. The number of nitrogens with one attached hydrogen (secondary N) is 1. The van der Waals surface area contributed by atoms with Gasteiger partial charge in [-0.3, -0.25) is 19.3 Å². The number of amides is 2. The number of likely N-dealkylation sites (tertiary alicyclic amines) is 1. The van der Waals surface area contributed by atoms with Crippen LogP contribution in [0, 0.1) is 5.41 Å². The number of ether oxygens (including phenoxy) is 1. The predicted molar refractivity (Wildman–Crippen MR) is 99.0 cm³/mol. The fourth-order valence-electron chi connectivity index (χ4n) is 2.51. The van der Waals surface area contributed by atoms with E-state index in [1.807, 2.05) is 41.5 Å². The summed E-state index contributed by atoms with van der Waals surface area (Å²) in [6, 6.07) is 0. The molecule has 0 saturated carbocycles. The Labute approximate surface area is 152 Å². The quantitative estimate of drug-likeness (QED) is 0.608. The third-order valence-electron chi connectivity index (χ3n) is 3.67. The molecule has 6 nitrogen and oxygen atoms in total. The number of imide groups is 1. The lowest BCUT2D eigenvalue weighted by atomic mass is 9.92. The number of carbonyl (C=O) groups is 3. The Kier molecular flexibility index (Phi) is 8.79. The topological polar surface area (TPSA) is 75.7 Å². The van der Waals surface area contributed by atoms with E-state index in [9.17, 15) is 14.4 Å². The third kappa shape index (κ3) is 8.47. The van der Waals surface area contributed by atoms with Crippen LogP contribution in [-0.4, -0.2) is 47.4 Å². The fourth-order valence-corrected chi connectivity index (χ4v) is 2.51. The van der Waals surface area contributed by atoms with Crippen LogP contribution in [0.2, 0.25) is 0 Å². The molecule has 2 aliphatic heterocycles. The molecular formula is C19H36N2O4. The third-order valence-corrected chi connectivity index (χ3v) is 3.67. The Morgan fingerprint density at radius 1 is 1.08 bits per heavy atom. The zero-order valence-corrected chi connectivity index (χ0v) is 15.9. The SMILES string of the molecule is C.CC(C)(C)CC(=O)OC1CNC1.CC(C)(C)N1C(=O)CCCC1=O. The van der Waals surface area contributed by atoms with Crippen molar-refractivity contribution in [1.29, 1.82) is 0 Å². The Balaban J connectivity index is 0.000000443. The lowest BCUT2D eigenvalue weighted by Crippen LogP contribution is -2.51. The molecule has 2 saturated heterocycles. The predicted octanol–water partition coefficient (Wildman–Crippen LogP) is 2.90. The van der Waals surface area contributed by atoms with E-state index in [0.29, 0.717) is 25.7 Å². The van der Waals surface area contributed by atoms with Crippen LogP contribution in [0.15, 0.2) is 0 Å². The summed E-state index contributed by atoms with van der Waals surface area (Å²) in [6.07, 6.45) is 2.37. The zero-order chi connectivity index (χ0) is 18.5. The van der Waals surface area contributed by atoms with Crippen molar-refractivity contribution in [3.63, 3.8) is 0 Å². The molecule has 0 aromatic carbocycles. The highest BCUT2D eigenvalue weighted by Gasteiger charge is 2.34. The molecule has 1 N–H and O–H groups in total. The molecule has 0 spiro atoms. The van der Waals surface area contributed by atoms with Crippen LogP contribution < -0.4 is 5.32 Å². The minimum absolute atomic E-state index is 0. The van der Waals surface area contributed by atoms with Gasteiger partial charge in [0.15, 0.2) is 0 Å². The van der Waals surface area contributed by atoms with E-state index in [0.717, 1.165) is 13.1 Å². The van der Waals surface area contributed by atoms with Gasteiger partial charge in [-0.2, -0.15) is 0 Å². The van der Waals surface area contributed by atoms with E-state index < -0.39 is 0 Å². The maximum Gasteiger partial charge on any atom is 0.306 e. The summed E-state index contributed by atoms with van der Waals surface area (Å²) in [5, 5.41) is 3.05. The number of rotatable bonds is 2. The summed E-state index contributed by atoms with van der Waals surface area (Å²) < 4.78 is 5.16. The van der Waals surface area contributed by atoms with Crippen LogP contribution in [0.1, 0.15) is 74.7 Å². The van der Waals surface area contributed by atoms with Crippen LogP contribution in [0.4, 0.5) is 0 Å². The minimum atomic E-state index is -0.353. The van der Waals surface area contributed by atoms with E-state index in [-0.39, 0.29) is 42.3 Å². The smallest absolute Gasteiger partial charge is 0.306 e. The summed E-state index contributed by atoms with van der Waals surface area (Å²) in [5.74, 6) is -0.133.